The molecule has 3 aliphatic rings. The van der Waals surface area contributed by atoms with E-state index in [0.29, 0.717) is 30.3 Å². The van der Waals surface area contributed by atoms with Crippen molar-refractivity contribution in [2.24, 2.45) is 0 Å². The summed E-state index contributed by atoms with van der Waals surface area (Å²) in [5.41, 5.74) is 1.13. The number of fused-ring (bicyclic) bond motifs is 1. The van der Waals surface area contributed by atoms with Gasteiger partial charge in [-0.25, -0.2) is 9.78 Å². The molecule has 15 nitrogen and oxygen atoms in total. The van der Waals surface area contributed by atoms with E-state index in [0.717, 1.165) is 31.2 Å². The van der Waals surface area contributed by atoms with Crippen LogP contribution in [-0.2, 0) is 23.9 Å². The quantitative estimate of drug-likeness (QED) is 0.316. The lowest BCUT2D eigenvalue weighted by molar-refractivity contribution is -0.143. The highest BCUT2D eigenvalue weighted by atomic mass is 16.6. The second-order valence-corrected chi connectivity index (χ2v) is 12.7. The van der Waals surface area contributed by atoms with E-state index in [4.69, 9.17) is 9.47 Å². The first-order chi connectivity index (χ1) is 23.5. The smallest absolute Gasteiger partial charge is 0.409 e. The Morgan fingerprint density at radius 1 is 0.959 bits per heavy atom. The Morgan fingerprint density at radius 3 is 2.37 bits per heavy atom. The van der Waals surface area contributed by atoms with Crippen molar-refractivity contribution in [2.45, 2.75) is 76.9 Å². The normalized spacial score (nSPS) is 18.7. The van der Waals surface area contributed by atoms with Crippen molar-refractivity contribution >= 4 is 46.6 Å². The van der Waals surface area contributed by atoms with Crippen molar-refractivity contribution in [3.63, 3.8) is 0 Å². The summed E-state index contributed by atoms with van der Waals surface area (Å²) in [5.74, 6) is -2.99. The summed E-state index contributed by atoms with van der Waals surface area (Å²) in [7, 11) is 0. The van der Waals surface area contributed by atoms with E-state index in [1.54, 1.807) is 24.0 Å². The van der Waals surface area contributed by atoms with Gasteiger partial charge in [-0.05, 0) is 57.2 Å². The fourth-order valence-corrected chi connectivity index (χ4v) is 6.62. The number of pyridine rings is 1. The lowest BCUT2D eigenvalue weighted by Gasteiger charge is -2.35. The fraction of sp³-hybridized carbons (Fsp3) is 0.559. The number of piperazine rings is 1. The highest BCUT2D eigenvalue weighted by Gasteiger charge is 2.36. The average molecular weight is 681 g/mol. The molecule has 5 amide bonds. The predicted octanol–water partition coefficient (Wildman–Crippen LogP) is 1.85. The maximum atomic E-state index is 13.5. The molecule has 0 bridgehead atoms. The molecule has 3 heterocycles. The van der Waals surface area contributed by atoms with Crippen molar-refractivity contribution < 1.29 is 43.3 Å². The third kappa shape index (κ3) is 8.75. The van der Waals surface area contributed by atoms with Crippen LogP contribution in [0.2, 0.25) is 0 Å². The number of carbonyl (C=O) groups excluding carboxylic acids is 5. The van der Waals surface area contributed by atoms with Gasteiger partial charge < -0.3 is 39.9 Å². The van der Waals surface area contributed by atoms with E-state index in [9.17, 15) is 33.9 Å². The monoisotopic (exact) mass is 680 g/mol. The van der Waals surface area contributed by atoms with Gasteiger partial charge in [0.05, 0.1) is 18.5 Å². The molecule has 1 aliphatic carbocycles. The van der Waals surface area contributed by atoms with Gasteiger partial charge in [0.15, 0.2) is 6.61 Å². The second-order valence-electron chi connectivity index (χ2n) is 12.7. The van der Waals surface area contributed by atoms with Crippen molar-refractivity contribution in [3.8, 4) is 5.75 Å². The van der Waals surface area contributed by atoms with Crippen LogP contribution in [0.3, 0.4) is 0 Å². The molecule has 2 atom stereocenters. The molecule has 3 fully saturated rings. The molecule has 2 unspecified atom stereocenters. The zero-order chi connectivity index (χ0) is 35.1. The van der Waals surface area contributed by atoms with Crippen molar-refractivity contribution in [1.29, 1.82) is 0 Å². The Kier molecular flexibility index (Phi) is 11.5. The van der Waals surface area contributed by atoms with Crippen LogP contribution in [0.1, 0.15) is 67.9 Å². The Labute approximate surface area is 284 Å². The first-order valence-electron chi connectivity index (χ1n) is 16.9. The van der Waals surface area contributed by atoms with Crippen LogP contribution in [0.5, 0.6) is 5.75 Å². The summed E-state index contributed by atoms with van der Waals surface area (Å²) in [4.78, 5) is 85.9. The van der Waals surface area contributed by atoms with Crippen molar-refractivity contribution in [1.82, 2.24) is 30.3 Å². The number of likely N-dealkylation sites (tertiary alicyclic amines) is 1. The van der Waals surface area contributed by atoms with Crippen LogP contribution in [0.15, 0.2) is 24.3 Å². The zero-order valence-corrected chi connectivity index (χ0v) is 27.9. The maximum absolute atomic E-state index is 13.5. The minimum absolute atomic E-state index is 0.133. The number of rotatable bonds is 11. The molecule has 0 radical (unpaired) electrons. The summed E-state index contributed by atoms with van der Waals surface area (Å²) < 4.78 is 11.0. The van der Waals surface area contributed by atoms with Gasteiger partial charge in [0.25, 0.3) is 11.8 Å². The van der Waals surface area contributed by atoms with Crippen molar-refractivity contribution in [2.75, 3.05) is 45.9 Å². The topological polar surface area (TPSA) is 188 Å². The fourth-order valence-electron chi connectivity index (χ4n) is 6.62. The van der Waals surface area contributed by atoms with Gasteiger partial charge in [0, 0.05) is 50.2 Å². The molecule has 1 aromatic carbocycles. The molecule has 2 aromatic rings. The molecule has 1 saturated carbocycles. The Hall–Kier alpha value is -4.95. The van der Waals surface area contributed by atoms with E-state index < -0.39 is 42.4 Å². The van der Waals surface area contributed by atoms with Crippen molar-refractivity contribution in [3.05, 3.63) is 35.5 Å². The summed E-state index contributed by atoms with van der Waals surface area (Å²) in [6, 6.07) is 4.88. The van der Waals surface area contributed by atoms with Gasteiger partial charge in [-0.1, -0.05) is 18.9 Å². The van der Waals surface area contributed by atoms with Crippen LogP contribution in [0, 0.1) is 6.92 Å². The number of carboxylic acids is 1. The van der Waals surface area contributed by atoms with E-state index >= 15 is 0 Å². The summed E-state index contributed by atoms with van der Waals surface area (Å²) >= 11 is 0. The standard InChI is InChI=1S/C34H44N6O9/c1-3-48-34(47)39-15-13-38(14-16-39)33(46)26(19-30(42)43)37-31(44)25-18-28(23-11-10-21(2)17-24(23)36-25)49-20-29(41)40-12-6-9-27(40)32(45)35-22-7-4-5-8-22/h10-11,17-18,22,26-27H,3-9,12-16,19-20H2,1-2H3,(H,35,45)(H,37,44)(H,42,43). The van der Waals surface area contributed by atoms with Gasteiger partial charge in [-0.2, -0.15) is 0 Å². The van der Waals surface area contributed by atoms with Crippen LogP contribution in [-0.4, -0.2) is 125 Å². The van der Waals surface area contributed by atoms with Gasteiger partial charge in [-0.15, -0.1) is 0 Å². The largest absolute Gasteiger partial charge is 0.483 e. The lowest BCUT2D eigenvalue weighted by atomic mass is 10.1. The third-order valence-corrected chi connectivity index (χ3v) is 9.19. The number of amides is 5. The number of nitrogens with zero attached hydrogens (tertiary/aromatic N) is 4. The highest BCUT2D eigenvalue weighted by molar-refractivity contribution is 6.00. The first-order valence-corrected chi connectivity index (χ1v) is 16.9. The highest BCUT2D eigenvalue weighted by Crippen LogP contribution is 2.28. The number of aliphatic carboxylic acids is 1. The second kappa shape index (κ2) is 16.0. The Bertz CT molecular complexity index is 1590. The van der Waals surface area contributed by atoms with E-state index in [2.05, 4.69) is 15.6 Å². The van der Waals surface area contributed by atoms with Crippen LogP contribution < -0.4 is 15.4 Å². The summed E-state index contributed by atoms with van der Waals surface area (Å²) in [6.45, 7) is 4.51. The number of aromatic nitrogens is 1. The number of hydrogen-bond donors (Lipinski definition) is 3. The number of benzene rings is 1. The van der Waals surface area contributed by atoms with Gasteiger partial charge in [-0.3, -0.25) is 24.0 Å². The average Bonchev–Trinajstić information content (AvgIpc) is 3.79. The number of carbonyl (C=O) groups is 6. The van der Waals surface area contributed by atoms with Crippen LogP contribution >= 0.6 is 0 Å². The number of carboxylic acid groups (broad SMARTS) is 1. The zero-order valence-electron chi connectivity index (χ0n) is 27.9. The maximum Gasteiger partial charge on any atom is 0.409 e. The summed E-state index contributed by atoms with van der Waals surface area (Å²) in [6.07, 6.45) is 4.16. The minimum Gasteiger partial charge on any atom is -0.483 e. The van der Waals surface area contributed by atoms with Crippen LogP contribution in [0.4, 0.5) is 4.79 Å². The molecule has 264 valence electrons. The molecule has 1 aromatic heterocycles. The van der Waals surface area contributed by atoms with E-state index in [1.807, 2.05) is 13.0 Å². The first kappa shape index (κ1) is 35.4. The molecule has 2 saturated heterocycles. The number of aryl methyl sites for hydroxylation is 1. The predicted molar refractivity (Wildman–Crippen MR) is 176 cm³/mol. The van der Waals surface area contributed by atoms with E-state index in [-0.39, 0.29) is 68.7 Å². The summed E-state index contributed by atoms with van der Waals surface area (Å²) in [5, 5.41) is 15.7. The van der Waals surface area contributed by atoms with Gasteiger partial charge in [0.2, 0.25) is 11.8 Å². The molecular formula is C34H44N6O9. The number of hydrogen-bond acceptors (Lipinski definition) is 9. The van der Waals surface area contributed by atoms with E-state index in [1.165, 1.54) is 15.9 Å². The number of ether oxygens (including phenoxy) is 2. The molecule has 3 N–H and O–H groups in total. The van der Waals surface area contributed by atoms with Gasteiger partial charge in [0.1, 0.15) is 23.5 Å². The van der Waals surface area contributed by atoms with Crippen LogP contribution in [0.25, 0.3) is 10.9 Å². The SMILES string of the molecule is CCOC(=O)N1CCN(C(=O)C(CC(=O)O)NC(=O)c2cc(OCC(=O)N3CCCC3C(=O)NC3CCCC3)c3ccc(C)cc3n2)CC1. The molecule has 5 rings (SSSR count). The number of nitrogens with one attached hydrogen (secondary N) is 2. The Morgan fingerprint density at radius 2 is 1.67 bits per heavy atom. The molecule has 15 heteroatoms. The molecular weight excluding hydrogens is 636 g/mol. The molecule has 49 heavy (non-hydrogen) atoms. The molecule has 0 spiro atoms. The Balaban J connectivity index is 1.28. The third-order valence-electron chi connectivity index (χ3n) is 9.19. The van der Waals surface area contributed by atoms with Gasteiger partial charge >= 0.3 is 12.1 Å². The molecule has 2 aliphatic heterocycles. The minimum atomic E-state index is -1.40. The lowest BCUT2D eigenvalue weighted by Crippen LogP contribution is -2.56.